The first-order chi connectivity index (χ1) is 15.2. The first-order valence-electron chi connectivity index (χ1n) is 11.6. The monoisotopic (exact) mass is 410 g/mol. The molecular formula is C30H31F. The van der Waals surface area contributed by atoms with Crippen molar-refractivity contribution in [3.05, 3.63) is 95.3 Å². The summed E-state index contributed by atoms with van der Waals surface area (Å²) in [5.74, 6) is 7.35. The van der Waals surface area contributed by atoms with E-state index in [2.05, 4.69) is 49.6 Å². The summed E-state index contributed by atoms with van der Waals surface area (Å²) in [5, 5.41) is 1.64. The van der Waals surface area contributed by atoms with Crippen LogP contribution in [0.25, 0.3) is 10.8 Å². The molecule has 0 radical (unpaired) electrons. The molecule has 0 aliphatic heterocycles. The van der Waals surface area contributed by atoms with Crippen LogP contribution in [0.4, 0.5) is 4.39 Å². The van der Waals surface area contributed by atoms with Crippen LogP contribution in [0.5, 0.6) is 0 Å². The average molecular weight is 411 g/mol. The number of fused-ring (bicyclic) bond motifs is 1. The fourth-order valence-electron chi connectivity index (χ4n) is 4.76. The van der Waals surface area contributed by atoms with Crippen molar-refractivity contribution in [2.24, 2.45) is 5.92 Å². The molecule has 1 saturated carbocycles. The van der Waals surface area contributed by atoms with E-state index in [4.69, 9.17) is 0 Å². The van der Waals surface area contributed by atoms with E-state index in [0.717, 1.165) is 29.7 Å². The van der Waals surface area contributed by atoms with Crippen LogP contribution < -0.4 is 0 Å². The summed E-state index contributed by atoms with van der Waals surface area (Å²) in [5.41, 5.74) is 4.01. The van der Waals surface area contributed by atoms with Gasteiger partial charge in [0, 0.05) is 10.9 Å². The third kappa shape index (κ3) is 5.08. The largest absolute Gasteiger partial charge is 0.205 e. The van der Waals surface area contributed by atoms with E-state index in [0.29, 0.717) is 16.9 Å². The van der Waals surface area contributed by atoms with Crippen LogP contribution in [0, 0.1) is 23.6 Å². The lowest BCUT2D eigenvalue weighted by molar-refractivity contribution is 0.312. The Morgan fingerprint density at radius 3 is 2.45 bits per heavy atom. The highest BCUT2D eigenvalue weighted by atomic mass is 19.1. The molecule has 1 aliphatic carbocycles. The lowest BCUT2D eigenvalue weighted by Crippen LogP contribution is -2.13. The zero-order chi connectivity index (χ0) is 21.6. The van der Waals surface area contributed by atoms with Gasteiger partial charge < -0.3 is 0 Å². The molecule has 0 nitrogen and oxygen atoms in total. The fourth-order valence-corrected chi connectivity index (χ4v) is 4.76. The minimum atomic E-state index is -0.213. The van der Waals surface area contributed by atoms with E-state index in [1.807, 2.05) is 36.4 Å². The lowest BCUT2D eigenvalue weighted by atomic mass is 9.77. The van der Waals surface area contributed by atoms with Gasteiger partial charge in [0.05, 0.1) is 5.56 Å². The van der Waals surface area contributed by atoms with Gasteiger partial charge in [0.25, 0.3) is 0 Å². The Kier molecular flexibility index (Phi) is 6.88. The van der Waals surface area contributed by atoms with Gasteiger partial charge in [0.15, 0.2) is 0 Å². The summed E-state index contributed by atoms with van der Waals surface area (Å²) in [7, 11) is 0. The molecule has 0 saturated heterocycles. The summed E-state index contributed by atoms with van der Waals surface area (Å²) < 4.78 is 15.1. The smallest absolute Gasteiger partial charge is 0.146 e. The summed E-state index contributed by atoms with van der Waals surface area (Å²) in [6.45, 7) is 5.97. The predicted octanol–water partition coefficient (Wildman–Crippen LogP) is 8.18. The summed E-state index contributed by atoms with van der Waals surface area (Å²) in [4.78, 5) is 0. The van der Waals surface area contributed by atoms with Gasteiger partial charge in [0.1, 0.15) is 5.82 Å². The van der Waals surface area contributed by atoms with Crippen LogP contribution in [0.15, 0.2) is 67.3 Å². The number of rotatable bonds is 5. The topological polar surface area (TPSA) is 0 Å². The highest BCUT2D eigenvalue weighted by Crippen LogP contribution is 2.38. The molecule has 158 valence electrons. The maximum absolute atomic E-state index is 15.1. The van der Waals surface area contributed by atoms with Crippen LogP contribution in [0.3, 0.4) is 0 Å². The van der Waals surface area contributed by atoms with Gasteiger partial charge in [-0.05, 0) is 91.5 Å². The second-order valence-corrected chi connectivity index (χ2v) is 8.79. The number of hydrogen-bond acceptors (Lipinski definition) is 0. The van der Waals surface area contributed by atoms with Gasteiger partial charge in [-0.1, -0.05) is 61.2 Å². The Bertz CT molecular complexity index is 1100. The van der Waals surface area contributed by atoms with E-state index in [1.54, 1.807) is 0 Å². The summed E-state index contributed by atoms with van der Waals surface area (Å²) in [6.07, 6.45) is 10.5. The molecule has 3 aromatic rings. The van der Waals surface area contributed by atoms with Gasteiger partial charge in [-0.25, -0.2) is 4.39 Å². The quantitative estimate of drug-likeness (QED) is 0.294. The van der Waals surface area contributed by atoms with Crippen molar-refractivity contribution in [2.75, 3.05) is 0 Å². The highest BCUT2D eigenvalue weighted by molar-refractivity contribution is 5.85. The Balaban J connectivity index is 1.51. The molecule has 0 aromatic heterocycles. The van der Waals surface area contributed by atoms with Gasteiger partial charge in [-0.2, -0.15) is 0 Å². The molecule has 0 bridgehead atoms. The van der Waals surface area contributed by atoms with Crippen molar-refractivity contribution in [1.82, 2.24) is 0 Å². The number of allylic oxidation sites excluding steroid dienone is 1. The van der Waals surface area contributed by atoms with Crippen LogP contribution in [-0.2, 0) is 6.42 Å². The normalized spacial score (nSPS) is 18.4. The minimum absolute atomic E-state index is 0.213. The van der Waals surface area contributed by atoms with E-state index >= 15 is 4.39 Å². The molecular weight excluding hydrogens is 379 g/mol. The number of benzene rings is 3. The maximum Gasteiger partial charge on any atom is 0.146 e. The molecule has 4 rings (SSSR count). The van der Waals surface area contributed by atoms with Crippen molar-refractivity contribution >= 4 is 10.8 Å². The molecule has 0 heterocycles. The van der Waals surface area contributed by atoms with E-state index < -0.39 is 0 Å². The van der Waals surface area contributed by atoms with Crippen LogP contribution in [0.1, 0.15) is 73.6 Å². The Morgan fingerprint density at radius 2 is 1.74 bits per heavy atom. The zero-order valence-corrected chi connectivity index (χ0v) is 18.5. The molecule has 1 fully saturated rings. The van der Waals surface area contributed by atoms with Gasteiger partial charge in [0.2, 0.25) is 0 Å². The Morgan fingerprint density at radius 1 is 0.968 bits per heavy atom. The van der Waals surface area contributed by atoms with Crippen molar-refractivity contribution in [1.29, 1.82) is 0 Å². The molecule has 0 spiro atoms. The molecule has 1 heteroatoms. The molecule has 31 heavy (non-hydrogen) atoms. The molecule has 0 atom stereocenters. The van der Waals surface area contributed by atoms with Gasteiger partial charge in [-0.15, -0.1) is 6.58 Å². The van der Waals surface area contributed by atoms with Crippen molar-refractivity contribution in [3.8, 4) is 11.8 Å². The van der Waals surface area contributed by atoms with Crippen LogP contribution >= 0.6 is 0 Å². The second kappa shape index (κ2) is 9.97. The maximum atomic E-state index is 15.1. The minimum Gasteiger partial charge on any atom is -0.205 e. The van der Waals surface area contributed by atoms with E-state index in [9.17, 15) is 0 Å². The van der Waals surface area contributed by atoms with Crippen molar-refractivity contribution in [2.45, 2.75) is 57.8 Å². The summed E-state index contributed by atoms with van der Waals surface area (Å²) in [6, 6.07) is 18.3. The molecule has 1 aliphatic rings. The van der Waals surface area contributed by atoms with Crippen LogP contribution in [0.2, 0.25) is 0 Å². The predicted molar refractivity (Wildman–Crippen MR) is 130 cm³/mol. The van der Waals surface area contributed by atoms with Crippen LogP contribution in [-0.4, -0.2) is 0 Å². The summed E-state index contributed by atoms with van der Waals surface area (Å²) >= 11 is 0. The van der Waals surface area contributed by atoms with E-state index in [1.165, 1.54) is 43.2 Å². The molecule has 0 unspecified atom stereocenters. The Hall–Kier alpha value is -2.85. The Labute approximate surface area is 186 Å². The number of hydrogen-bond donors (Lipinski definition) is 0. The first kappa shape index (κ1) is 21.4. The zero-order valence-electron chi connectivity index (χ0n) is 18.5. The van der Waals surface area contributed by atoms with Gasteiger partial charge >= 0.3 is 0 Å². The standard InChI is InChI=1S/C30H31F/c1-3-5-6-23-11-14-25(15-12-23)27-19-20-29-28(21-27)18-17-26(30(29)31)16-13-24-9-7-22(4-2)8-10-24/h3,7-10,17-21,23,25H,1,4-6,11-12,14-15H2,2H3. The van der Waals surface area contributed by atoms with Crippen molar-refractivity contribution < 1.29 is 4.39 Å². The second-order valence-electron chi connectivity index (χ2n) is 8.79. The van der Waals surface area contributed by atoms with E-state index in [-0.39, 0.29) is 5.82 Å². The third-order valence-electron chi connectivity index (χ3n) is 6.78. The molecule has 3 aromatic carbocycles. The van der Waals surface area contributed by atoms with Gasteiger partial charge in [-0.3, -0.25) is 0 Å². The van der Waals surface area contributed by atoms with Crippen molar-refractivity contribution in [3.63, 3.8) is 0 Å². The number of aryl methyl sites for hydroxylation is 1. The average Bonchev–Trinajstić information content (AvgIpc) is 2.83. The number of halogens is 1. The molecule has 0 N–H and O–H groups in total. The first-order valence-corrected chi connectivity index (χ1v) is 11.6. The fraction of sp³-hybridized carbons (Fsp3) is 0.333. The third-order valence-corrected chi connectivity index (χ3v) is 6.78. The highest BCUT2D eigenvalue weighted by Gasteiger charge is 2.22. The SMILES string of the molecule is C=CCCC1CCC(c2ccc3c(F)c(C#Cc4ccc(CC)cc4)ccc3c2)CC1. The molecule has 0 amide bonds. The lowest BCUT2D eigenvalue weighted by Gasteiger charge is -2.28.